The van der Waals surface area contributed by atoms with Crippen LogP contribution in [0, 0.1) is 0 Å². The summed E-state index contributed by atoms with van der Waals surface area (Å²) in [6, 6.07) is 12.5. The molecule has 138 valence electrons. The second-order valence-electron chi connectivity index (χ2n) is 6.53. The molecule has 4 rings (SSSR count). The predicted octanol–water partition coefficient (Wildman–Crippen LogP) is 3.76. The van der Waals surface area contributed by atoms with Crippen molar-refractivity contribution in [1.82, 2.24) is 9.88 Å². The van der Waals surface area contributed by atoms with E-state index in [1.54, 1.807) is 48.0 Å². The van der Waals surface area contributed by atoms with Gasteiger partial charge in [-0.2, -0.15) is 0 Å². The Kier molecular flexibility index (Phi) is 5.18. The number of thiophene rings is 1. The van der Waals surface area contributed by atoms with Crippen LogP contribution in [0.1, 0.15) is 31.2 Å². The highest BCUT2D eigenvalue weighted by atomic mass is 32.1. The topological polar surface area (TPSA) is 62.7 Å². The number of phenols is 1. The zero-order valence-electron chi connectivity index (χ0n) is 14.8. The summed E-state index contributed by atoms with van der Waals surface area (Å²) >= 11 is 1.77. The standard InChI is InChI=1S/C21H20N2O3S/c24-18-3-1-16(2-4-18)21(25)23-10-7-20-17(12-23)11-19(27-20)14-26-13-15-5-8-22-9-6-15/h1-6,8-9,11,24H,7,10,12-14H2. The van der Waals surface area contributed by atoms with E-state index in [1.807, 2.05) is 17.0 Å². The monoisotopic (exact) mass is 380 g/mol. The highest BCUT2D eigenvalue weighted by Gasteiger charge is 2.23. The van der Waals surface area contributed by atoms with Crippen molar-refractivity contribution in [2.45, 2.75) is 26.2 Å². The van der Waals surface area contributed by atoms with Gasteiger partial charge in [0.15, 0.2) is 0 Å². The third-order valence-electron chi connectivity index (χ3n) is 4.58. The Morgan fingerprint density at radius 2 is 1.93 bits per heavy atom. The lowest BCUT2D eigenvalue weighted by Gasteiger charge is -2.27. The average molecular weight is 380 g/mol. The first-order valence-corrected chi connectivity index (χ1v) is 9.66. The molecule has 3 heterocycles. The minimum Gasteiger partial charge on any atom is -0.508 e. The highest BCUT2D eigenvalue weighted by Crippen LogP contribution is 2.29. The van der Waals surface area contributed by atoms with Crippen LogP contribution in [0.25, 0.3) is 0 Å². The first-order chi connectivity index (χ1) is 13.2. The molecule has 0 spiro atoms. The minimum atomic E-state index is 0.00216. The molecule has 1 aliphatic rings. The zero-order chi connectivity index (χ0) is 18.6. The normalized spacial score (nSPS) is 13.4. The summed E-state index contributed by atoms with van der Waals surface area (Å²) in [4.78, 5) is 21.1. The second kappa shape index (κ2) is 7.90. The van der Waals surface area contributed by atoms with Gasteiger partial charge in [0.25, 0.3) is 5.91 Å². The van der Waals surface area contributed by atoms with Gasteiger partial charge in [0.1, 0.15) is 5.75 Å². The SMILES string of the molecule is O=C(c1ccc(O)cc1)N1CCc2sc(COCc3ccncc3)cc2C1. The van der Waals surface area contributed by atoms with Crippen LogP contribution in [0.4, 0.5) is 0 Å². The van der Waals surface area contributed by atoms with Crippen molar-refractivity contribution in [3.05, 3.63) is 81.3 Å². The molecule has 0 bridgehead atoms. The van der Waals surface area contributed by atoms with Crippen LogP contribution in [0.15, 0.2) is 54.9 Å². The molecule has 5 nitrogen and oxygen atoms in total. The van der Waals surface area contributed by atoms with Gasteiger partial charge in [0.2, 0.25) is 0 Å². The van der Waals surface area contributed by atoms with Gasteiger partial charge < -0.3 is 14.7 Å². The fourth-order valence-corrected chi connectivity index (χ4v) is 4.28. The number of hydrogen-bond donors (Lipinski definition) is 1. The van der Waals surface area contributed by atoms with Crippen molar-refractivity contribution in [1.29, 1.82) is 0 Å². The lowest BCUT2D eigenvalue weighted by molar-refractivity contribution is 0.0735. The number of amides is 1. The number of carbonyl (C=O) groups is 1. The largest absolute Gasteiger partial charge is 0.508 e. The molecule has 0 saturated heterocycles. The molecule has 0 fully saturated rings. The zero-order valence-corrected chi connectivity index (χ0v) is 15.6. The summed E-state index contributed by atoms with van der Waals surface area (Å²) in [5, 5.41) is 9.39. The Morgan fingerprint density at radius 3 is 2.70 bits per heavy atom. The molecular weight excluding hydrogens is 360 g/mol. The quantitative estimate of drug-likeness (QED) is 0.732. The average Bonchev–Trinajstić information content (AvgIpc) is 3.11. The summed E-state index contributed by atoms with van der Waals surface area (Å²) in [6.07, 6.45) is 4.40. The maximum Gasteiger partial charge on any atom is 0.254 e. The lowest BCUT2D eigenvalue weighted by atomic mass is 10.1. The van der Waals surface area contributed by atoms with Gasteiger partial charge in [-0.3, -0.25) is 9.78 Å². The van der Waals surface area contributed by atoms with Crippen LogP contribution in [-0.4, -0.2) is 27.4 Å². The van der Waals surface area contributed by atoms with Crippen molar-refractivity contribution >= 4 is 17.2 Å². The highest BCUT2D eigenvalue weighted by molar-refractivity contribution is 7.12. The Labute approximate surface area is 161 Å². The van der Waals surface area contributed by atoms with E-state index in [1.165, 1.54) is 15.3 Å². The maximum absolute atomic E-state index is 12.7. The molecule has 27 heavy (non-hydrogen) atoms. The molecule has 0 radical (unpaired) electrons. The van der Waals surface area contributed by atoms with E-state index in [9.17, 15) is 9.90 Å². The minimum absolute atomic E-state index is 0.00216. The Hall–Kier alpha value is -2.70. The summed E-state index contributed by atoms with van der Waals surface area (Å²) in [7, 11) is 0. The molecule has 6 heteroatoms. The first-order valence-electron chi connectivity index (χ1n) is 8.84. The van der Waals surface area contributed by atoms with Crippen molar-refractivity contribution in [3.63, 3.8) is 0 Å². The molecule has 1 amide bonds. The molecule has 1 aliphatic heterocycles. The van der Waals surface area contributed by atoms with E-state index in [0.717, 1.165) is 12.0 Å². The van der Waals surface area contributed by atoms with Crippen LogP contribution in [-0.2, 0) is 30.9 Å². The van der Waals surface area contributed by atoms with Crippen LogP contribution < -0.4 is 0 Å². The molecule has 0 atom stereocenters. The smallest absolute Gasteiger partial charge is 0.254 e. The number of nitrogens with zero attached hydrogens (tertiary/aromatic N) is 2. The lowest BCUT2D eigenvalue weighted by Crippen LogP contribution is -2.35. The van der Waals surface area contributed by atoms with Crippen LogP contribution in [0.3, 0.4) is 0 Å². The summed E-state index contributed by atoms with van der Waals surface area (Å²) < 4.78 is 5.82. The van der Waals surface area contributed by atoms with Crippen molar-refractivity contribution < 1.29 is 14.6 Å². The van der Waals surface area contributed by atoms with Gasteiger partial charge in [0.05, 0.1) is 13.2 Å². The van der Waals surface area contributed by atoms with Gasteiger partial charge in [-0.25, -0.2) is 0 Å². The maximum atomic E-state index is 12.7. The molecule has 1 N–H and O–H groups in total. The molecular formula is C21H20N2O3S. The Morgan fingerprint density at radius 1 is 1.15 bits per heavy atom. The van der Waals surface area contributed by atoms with Gasteiger partial charge in [0, 0.05) is 40.8 Å². The van der Waals surface area contributed by atoms with Gasteiger partial charge >= 0.3 is 0 Å². The number of phenolic OH excluding ortho intramolecular Hbond substituents is 1. The number of carbonyl (C=O) groups excluding carboxylic acids is 1. The van der Waals surface area contributed by atoms with E-state index in [2.05, 4.69) is 11.1 Å². The number of fused-ring (bicyclic) bond motifs is 1. The number of ether oxygens (including phenoxy) is 1. The van der Waals surface area contributed by atoms with E-state index in [-0.39, 0.29) is 11.7 Å². The summed E-state index contributed by atoms with van der Waals surface area (Å²) in [5.41, 5.74) is 2.92. The fraction of sp³-hybridized carbons (Fsp3) is 0.238. The third kappa shape index (κ3) is 4.18. The van der Waals surface area contributed by atoms with Crippen molar-refractivity contribution in [2.75, 3.05) is 6.54 Å². The van der Waals surface area contributed by atoms with E-state index in [4.69, 9.17) is 4.74 Å². The van der Waals surface area contributed by atoms with E-state index >= 15 is 0 Å². The molecule has 0 unspecified atom stereocenters. The predicted molar refractivity (Wildman–Crippen MR) is 104 cm³/mol. The first kappa shape index (κ1) is 17.7. The molecule has 3 aromatic rings. The number of aromatic nitrogens is 1. The number of aromatic hydroxyl groups is 1. The molecule has 0 saturated carbocycles. The van der Waals surface area contributed by atoms with E-state index < -0.39 is 0 Å². The second-order valence-corrected chi connectivity index (χ2v) is 7.75. The molecule has 2 aromatic heterocycles. The summed E-state index contributed by atoms with van der Waals surface area (Å²) in [6.45, 7) is 2.48. The Bertz CT molecular complexity index is 922. The number of benzene rings is 1. The van der Waals surface area contributed by atoms with Gasteiger partial charge in [-0.15, -0.1) is 11.3 Å². The number of hydrogen-bond acceptors (Lipinski definition) is 5. The van der Waals surface area contributed by atoms with Crippen LogP contribution in [0.5, 0.6) is 5.75 Å². The Balaban J connectivity index is 1.37. The van der Waals surface area contributed by atoms with Gasteiger partial charge in [-0.05, 0) is 60.0 Å². The van der Waals surface area contributed by atoms with Crippen LogP contribution in [0.2, 0.25) is 0 Å². The van der Waals surface area contributed by atoms with Crippen LogP contribution >= 0.6 is 11.3 Å². The molecule has 1 aromatic carbocycles. The number of rotatable bonds is 5. The van der Waals surface area contributed by atoms with Crippen molar-refractivity contribution in [3.8, 4) is 5.75 Å². The summed E-state index contributed by atoms with van der Waals surface area (Å²) in [5.74, 6) is 0.170. The number of pyridine rings is 1. The fourth-order valence-electron chi connectivity index (χ4n) is 3.17. The van der Waals surface area contributed by atoms with E-state index in [0.29, 0.717) is 31.9 Å². The molecule has 0 aliphatic carbocycles. The third-order valence-corrected chi connectivity index (χ3v) is 5.79. The van der Waals surface area contributed by atoms with Crippen molar-refractivity contribution in [2.24, 2.45) is 0 Å². The van der Waals surface area contributed by atoms with Gasteiger partial charge in [-0.1, -0.05) is 0 Å².